The number of hydrogen-bond acceptors (Lipinski definition) is 3. The Morgan fingerprint density at radius 3 is 2.62 bits per heavy atom. The summed E-state index contributed by atoms with van der Waals surface area (Å²) >= 11 is 0. The fourth-order valence-corrected chi connectivity index (χ4v) is 3.34. The van der Waals surface area contributed by atoms with Gasteiger partial charge < -0.3 is 5.73 Å². The molecule has 1 fully saturated rings. The molecule has 1 heterocycles. The molecule has 2 rings (SSSR count). The average Bonchev–Trinajstić information content (AvgIpc) is 2.66. The minimum absolute atomic E-state index is 0.151. The summed E-state index contributed by atoms with van der Waals surface area (Å²) in [6, 6.07) is 5.23. The van der Waals surface area contributed by atoms with Gasteiger partial charge in [-0.25, -0.2) is 12.8 Å². The fraction of sp³-hybridized carbons (Fsp3) is 0.400. The Balaban J connectivity index is 2.36. The first kappa shape index (κ1) is 11.5. The van der Waals surface area contributed by atoms with Crippen molar-refractivity contribution < 1.29 is 12.8 Å². The van der Waals surface area contributed by atoms with Crippen LogP contribution in [-0.4, -0.2) is 31.9 Å². The Morgan fingerprint density at radius 2 is 2.06 bits per heavy atom. The lowest BCUT2D eigenvalue weighted by Gasteiger charge is -2.16. The van der Waals surface area contributed by atoms with Gasteiger partial charge in [0.25, 0.3) is 0 Å². The number of rotatable bonds is 2. The van der Waals surface area contributed by atoms with E-state index in [1.165, 1.54) is 22.5 Å². The number of halogens is 1. The smallest absolute Gasteiger partial charge is 0.246 e. The van der Waals surface area contributed by atoms with E-state index >= 15 is 0 Å². The first-order chi connectivity index (χ1) is 7.51. The lowest BCUT2D eigenvalue weighted by molar-refractivity contribution is 0.465. The highest BCUT2D eigenvalue weighted by Crippen LogP contribution is 2.22. The van der Waals surface area contributed by atoms with Crippen molar-refractivity contribution in [3.05, 3.63) is 30.1 Å². The van der Waals surface area contributed by atoms with E-state index < -0.39 is 15.8 Å². The molecule has 0 saturated carbocycles. The van der Waals surface area contributed by atoms with Gasteiger partial charge in [-0.2, -0.15) is 4.31 Å². The van der Waals surface area contributed by atoms with Gasteiger partial charge in [-0.05, 0) is 18.6 Å². The maximum atomic E-state index is 13.4. The van der Waals surface area contributed by atoms with E-state index in [0.29, 0.717) is 13.0 Å². The third kappa shape index (κ3) is 1.95. The highest BCUT2D eigenvalue weighted by Gasteiger charge is 2.32. The summed E-state index contributed by atoms with van der Waals surface area (Å²) in [5.41, 5.74) is 5.64. The SMILES string of the molecule is N[C@@H]1CCN(S(=O)(=O)c2ccccc2F)C1. The molecule has 4 nitrogen and oxygen atoms in total. The van der Waals surface area contributed by atoms with Crippen molar-refractivity contribution in [1.29, 1.82) is 0 Å². The van der Waals surface area contributed by atoms with E-state index in [4.69, 9.17) is 5.73 Å². The molecule has 1 aromatic rings. The molecule has 0 radical (unpaired) electrons. The molecule has 0 aliphatic carbocycles. The maximum absolute atomic E-state index is 13.4. The molecule has 0 spiro atoms. The van der Waals surface area contributed by atoms with Gasteiger partial charge in [0.15, 0.2) is 0 Å². The van der Waals surface area contributed by atoms with Gasteiger partial charge in [0.2, 0.25) is 10.0 Å². The van der Waals surface area contributed by atoms with E-state index in [2.05, 4.69) is 0 Å². The summed E-state index contributed by atoms with van der Waals surface area (Å²) in [7, 11) is -3.72. The van der Waals surface area contributed by atoms with Crippen LogP contribution in [0.3, 0.4) is 0 Å². The molecule has 0 bridgehead atoms. The van der Waals surface area contributed by atoms with Crippen molar-refractivity contribution in [3.8, 4) is 0 Å². The number of benzene rings is 1. The van der Waals surface area contributed by atoms with Crippen molar-refractivity contribution in [2.75, 3.05) is 13.1 Å². The first-order valence-corrected chi connectivity index (χ1v) is 6.46. The highest BCUT2D eigenvalue weighted by atomic mass is 32.2. The molecule has 0 unspecified atom stereocenters. The van der Waals surface area contributed by atoms with Crippen molar-refractivity contribution in [2.24, 2.45) is 5.73 Å². The maximum Gasteiger partial charge on any atom is 0.246 e. The van der Waals surface area contributed by atoms with Crippen molar-refractivity contribution in [2.45, 2.75) is 17.4 Å². The molecular weight excluding hydrogens is 231 g/mol. The first-order valence-electron chi connectivity index (χ1n) is 5.02. The zero-order valence-corrected chi connectivity index (χ0v) is 9.45. The second-order valence-electron chi connectivity index (χ2n) is 3.84. The van der Waals surface area contributed by atoms with Gasteiger partial charge in [-0.1, -0.05) is 12.1 Å². The number of nitrogens with zero attached hydrogens (tertiary/aromatic N) is 1. The Bertz CT molecular complexity index is 489. The Hall–Kier alpha value is -0.980. The minimum atomic E-state index is -3.72. The van der Waals surface area contributed by atoms with Crippen LogP contribution in [0.1, 0.15) is 6.42 Å². The fourth-order valence-electron chi connectivity index (χ4n) is 1.77. The molecule has 1 aromatic carbocycles. The standard InChI is InChI=1S/C10H13FN2O2S/c11-9-3-1-2-4-10(9)16(14,15)13-6-5-8(12)7-13/h1-4,8H,5-7,12H2/t8-/m1/s1. The van der Waals surface area contributed by atoms with Crippen LogP contribution < -0.4 is 5.73 Å². The Morgan fingerprint density at radius 1 is 1.38 bits per heavy atom. The van der Waals surface area contributed by atoms with Crippen molar-refractivity contribution >= 4 is 10.0 Å². The number of hydrogen-bond donors (Lipinski definition) is 1. The molecule has 1 aliphatic rings. The normalized spacial score (nSPS) is 22.5. The van der Waals surface area contributed by atoms with Gasteiger partial charge in [-0.15, -0.1) is 0 Å². The van der Waals surface area contributed by atoms with Crippen LogP contribution in [-0.2, 0) is 10.0 Å². The zero-order chi connectivity index (χ0) is 11.8. The van der Waals surface area contributed by atoms with Crippen LogP contribution in [0.5, 0.6) is 0 Å². The third-order valence-corrected chi connectivity index (χ3v) is 4.54. The third-order valence-electron chi connectivity index (χ3n) is 2.64. The molecule has 1 saturated heterocycles. The van der Waals surface area contributed by atoms with Gasteiger partial charge in [-0.3, -0.25) is 0 Å². The minimum Gasteiger partial charge on any atom is -0.326 e. The monoisotopic (exact) mass is 244 g/mol. The highest BCUT2D eigenvalue weighted by molar-refractivity contribution is 7.89. The van der Waals surface area contributed by atoms with Crippen molar-refractivity contribution in [3.63, 3.8) is 0 Å². The number of nitrogens with two attached hydrogens (primary N) is 1. The molecule has 6 heteroatoms. The van der Waals surface area contributed by atoms with Gasteiger partial charge in [0.1, 0.15) is 10.7 Å². The Labute approximate surface area is 93.9 Å². The van der Waals surface area contributed by atoms with Crippen LogP contribution in [0, 0.1) is 5.82 Å². The van der Waals surface area contributed by atoms with E-state index in [1.807, 2.05) is 0 Å². The van der Waals surface area contributed by atoms with Crippen molar-refractivity contribution in [1.82, 2.24) is 4.31 Å². The average molecular weight is 244 g/mol. The second-order valence-corrected chi connectivity index (χ2v) is 5.75. The largest absolute Gasteiger partial charge is 0.326 e. The number of sulfonamides is 1. The lowest BCUT2D eigenvalue weighted by atomic mass is 10.3. The Kier molecular flexibility index (Phi) is 2.96. The van der Waals surface area contributed by atoms with Gasteiger partial charge in [0, 0.05) is 19.1 Å². The predicted molar refractivity (Wildman–Crippen MR) is 57.8 cm³/mol. The molecule has 2 N–H and O–H groups in total. The summed E-state index contributed by atoms with van der Waals surface area (Å²) < 4.78 is 38.7. The topological polar surface area (TPSA) is 63.4 Å². The van der Waals surface area contributed by atoms with Gasteiger partial charge in [0.05, 0.1) is 0 Å². The molecule has 0 aromatic heterocycles. The molecule has 1 atom stereocenters. The van der Waals surface area contributed by atoms with Crippen LogP contribution in [0.2, 0.25) is 0 Å². The lowest BCUT2D eigenvalue weighted by Crippen LogP contribution is -2.32. The molecule has 0 amide bonds. The van der Waals surface area contributed by atoms with E-state index in [0.717, 1.165) is 6.07 Å². The molecule has 1 aliphatic heterocycles. The zero-order valence-electron chi connectivity index (χ0n) is 8.64. The van der Waals surface area contributed by atoms with Crippen LogP contribution in [0.4, 0.5) is 4.39 Å². The molecular formula is C10H13FN2O2S. The summed E-state index contributed by atoms with van der Waals surface area (Å²) in [6.45, 7) is 0.620. The summed E-state index contributed by atoms with van der Waals surface area (Å²) in [5, 5.41) is 0. The molecule has 16 heavy (non-hydrogen) atoms. The quantitative estimate of drug-likeness (QED) is 0.826. The summed E-state index contributed by atoms with van der Waals surface area (Å²) in [5.74, 6) is -0.719. The van der Waals surface area contributed by atoms with Gasteiger partial charge >= 0.3 is 0 Å². The summed E-state index contributed by atoms with van der Waals surface area (Å²) in [6.07, 6.45) is 0.619. The molecule has 88 valence electrons. The van der Waals surface area contributed by atoms with Crippen LogP contribution in [0.15, 0.2) is 29.2 Å². The predicted octanol–water partition coefficient (Wildman–Crippen LogP) is 0.547. The van der Waals surface area contributed by atoms with E-state index in [-0.39, 0.29) is 17.5 Å². The van der Waals surface area contributed by atoms with Crippen LogP contribution in [0.25, 0.3) is 0 Å². The summed E-state index contributed by atoms with van der Waals surface area (Å²) in [4.78, 5) is -0.274. The van der Waals surface area contributed by atoms with E-state index in [9.17, 15) is 12.8 Å². The van der Waals surface area contributed by atoms with E-state index in [1.54, 1.807) is 0 Å². The second kappa shape index (κ2) is 4.12. The van der Waals surface area contributed by atoms with Crippen LogP contribution >= 0.6 is 0 Å².